The summed E-state index contributed by atoms with van der Waals surface area (Å²) < 4.78 is 5.14. The van der Waals surface area contributed by atoms with Crippen molar-refractivity contribution in [2.24, 2.45) is 0 Å². The largest absolute Gasteiger partial charge is 0.467 e. The minimum atomic E-state index is -0.312. The van der Waals surface area contributed by atoms with Gasteiger partial charge < -0.3 is 15.1 Å². The summed E-state index contributed by atoms with van der Waals surface area (Å²) in [7, 11) is 0. The molecule has 0 aromatic carbocycles. The van der Waals surface area contributed by atoms with Crippen molar-refractivity contribution in [2.75, 3.05) is 0 Å². The second kappa shape index (κ2) is 6.74. The average molecular weight is 319 g/mol. The molecule has 0 radical (unpaired) electrons. The van der Waals surface area contributed by atoms with E-state index >= 15 is 0 Å². The van der Waals surface area contributed by atoms with E-state index in [9.17, 15) is 9.59 Å². The molecule has 0 unspecified atom stereocenters. The van der Waals surface area contributed by atoms with Crippen molar-refractivity contribution >= 4 is 23.2 Å². The second-order valence-corrected chi connectivity index (χ2v) is 6.11. The fourth-order valence-corrected chi connectivity index (χ4v) is 3.17. The SMILES string of the molecule is O=C(NCc1ccco1)c1csc(C(=O)NC2CCCC2)n1. The molecule has 116 valence electrons. The van der Waals surface area contributed by atoms with E-state index in [-0.39, 0.29) is 23.6 Å². The second-order valence-electron chi connectivity index (χ2n) is 5.25. The first-order valence-electron chi connectivity index (χ1n) is 7.29. The number of carbonyl (C=O) groups is 2. The Kier molecular flexibility index (Phi) is 4.53. The van der Waals surface area contributed by atoms with Crippen LogP contribution in [0.1, 0.15) is 51.7 Å². The molecule has 1 saturated carbocycles. The van der Waals surface area contributed by atoms with E-state index in [0.29, 0.717) is 17.3 Å². The third-order valence-electron chi connectivity index (χ3n) is 3.62. The van der Waals surface area contributed by atoms with Gasteiger partial charge in [0.25, 0.3) is 11.8 Å². The molecule has 0 saturated heterocycles. The van der Waals surface area contributed by atoms with Crippen LogP contribution in [0.15, 0.2) is 28.2 Å². The van der Waals surface area contributed by atoms with Gasteiger partial charge in [0.15, 0.2) is 5.01 Å². The highest BCUT2D eigenvalue weighted by Crippen LogP contribution is 2.19. The Morgan fingerprint density at radius 2 is 2.14 bits per heavy atom. The van der Waals surface area contributed by atoms with Crippen LogP contribution in [0.25, 0.3) is 0 Å². The van der Waals surface area contributed by atoms with Crippen molar-refractivity contribution in [1.82, 2.24) is 15.6 Å². The summed E-state index contributed by atoms with van der Waals surface area (Å²) in [5.74, 6) is 0.164. The van der Waals surface area contributed by atoms with Crippen LogP contribution in [0.4, 0.5) is 0 Å². The van der Waals surface area contributed by atoms with Crippen LogP contribution in [0.3, 0.4) is 0 Å². The fraction of sp³-hybridized carbons (Fsp3) is 0.400. The molecule has 7 heteroatoms. The smallest absolute Gasteiger partial charge is 0.280 e. The molecule has 0 aliphatic heterocycles. The van der Waals surface area contributed by atoms with Crippen LogP contribution < -0.4 is 10.6 Å². The molecule has 1 aliphatic carbocycles. The van der Waals surface area contributed by atoms with E-state index < -0.39 is 0 Å². The van der Waals surface area contributed by atoms with Gasteiger partial charge in [-0.15, -0.1) is 11.3 Å². The van der Waals surface area contributed by atoms with Crippen LogP contribution in [0, 0.1) is 0 Å². The van der Waals surface area contributed by atoms with Gasteiger partial charge in [-0.05, 0) is 25.0 Å². The van der Waals surface area contributed by atoms with E-state index in [4.69, 9.17) is 4.42 Å². The van der Waals surface area contributed by atoms with Crippen molar-refractivity contribution in [3.63, 3.8) is 0 Å². The number of thiazole rings is 1. The maximum Gasteiger partial charge on any atom is 0.280 e. The van der Waals surface area contributed by atoms with Gasteiger partial charge in [0.1, 0.15) is 11.5 Å². The fourth-order valence-electron chi connectivity index (χ4n) is 2.47. The Bertz CT molecular complexity index is 645. The highest BCUT2D eigenvalue weighted by molar-refractivity contribution is 7.11. The van der Waals surface area contributed by atoms with Crippen LogP contribution in [0.5, 0.6) is 0 Å². The van der Waals surface area contributed by atoms with Crippen LogP contribution >= 0.6 is 11.3 Å². The summed E-state index contributed by atoms with van der Waals surface area (Å²) in [4.78, 5) is 28.2. The molecule has 2 aromatic rings. The minimum absolute atomic E-state index is 0.193. The number of nitrogens with zero attached hydrogens (tertiary/aromatic N) is 1. The first kappa shape index (κ1) is 14.8. The Balaban J connectivity index is 1.55. The summed E-state index contributed by atoms with van der Waals surface area (Å²) in [6.45, 7) is 0.299. The molecule has 2 heterocycles. The summed E-state index contributed by atoms with van der Waals surface area (Å²) >= 11 is 1.19. The number of carbonyl (C=O) groups excluding carboxylic acids is 2. The monoisotopic (exact) mass is 319 g/mol. The molecule has 2 amide bonds. The number of hydrogen-bond acceptors (Lipinski definition) is 5. The average Bonchev–Trinajstić information content (AvgIpc) is 3.25. The van der Waals surface area contributed by atoms with Crippen molar-refractivity contribution in [2.45, 2.75) is 38.3 Å². The first-order valence-corrected chi connectivity index (χ1v) is 8.17. The van der Waals surface area contributed by atoms with Crippen LogP contribution in [-0.2, 0) is 6.54 Å². The van der Waals surface area contributed by atoms with Gasteiger partial charge in [-0.3, -0.25) is 9.59 Å². The number of amides is 2. The molecule has 6 nitrogen and oxygen atoms in total. The van der Waals surface area contributed by atoms with Gasteiger partial charge >= 0.3 is 0 Å². The standard InChI is InChI=1S/C15H17N3O3S/c19-13(16-8-11-6-3-7-21-11)12-9-22-15(18-12)14(20)17-10-4-1-2-5-10/h3,6-7,9-10H,1-2,4-5,8H2,(H,16,19)(H,17,20). The van der Waals surface area contributed by atoms with Gasteiger partial charge in [0.05, 0.1) is 12.8 Å². The highest BCUT2D eigenvalue weighted by Gasteiger charge is 2.21. The van der Waals surface area contributed by atoms with Gasteiger partial charge in [0.2, 0.25) is 0 Å². The lowest BCUT2D eigenvalue weighted by Gasteiger charge is -2.09. The Morgan fingerprint density at radius 1 is 1.32 bits per heavy atom. The maximum absolute atomic E-state index is 12.1. The summed E-state index contributed by atoms with van der Waals surface area (Å²) in [5.41, 5.74) is 0.258. The lowest BCUT2D eigenvalue weighted by Crippen LogP contribution is -2.32. The van der Waals surface area contributed by atoms with Crippen LogP contribution in [-0.4, -0.2) is 22.8 Å². The summed E-state index contributed by atoms with van der Waals surface area (Å²) in [6.07, 6.45) is 5.91. The quantitative estimate of drug-likeness (QED) is 0.886. The predicted molar refractivity (Wildman–Crippen MR) is 81.7 cm³/mol. The van der Waals surface area contributed by atoms with Crippen LogP contribution in [0.2, 0.25) is 0 Å². The number of furan rings is 1. The summed E-state index contributed by atoms with van der Waals surface area (Å²) in [6, 6.07) is 3.78. The zero-order valence-corrected chi connectivity index (χ0v) is 12.8. The van der Waals surface area contributed by atoms with Gasteiger partial charge in [-0.25, -0.2) is 4.98 Å². The lowest BCUT2D eigenvalue weighted by atomic mass is 10.2. The van der Waals surface area contributed by atoms with E-state index in [1.807, 2.05) is 0 Å². The van der Waals surface area contributed by atoms with Gasteiger partial charge in [-0.1, -0.05) is 12.8 Å². The summed E-state index contributed by atoms with van der Waals surface area (Å²) in [5, 5.41) is 7.60. The molecule has 0 bridgehead atoms. The molecule has 0 atom stereocenters. The van der Waals surface area contributed by atoms with E-state index in [2.05, 4.69) is 15.6 Å². The zero-order valence-electron chi connectivity index (χ0n) is 12.0. The number of aromatic nitrogens is 1. The van der Waals surface area contributed by atoms with Gasteiger partial charge in [0, 0.05) is 11.4 Å². The van der Waals surface area contributed by atoms with Gasteiger partial charge in [-0.2, -0.15) is 0 Å². The molecular weight excluding hydrogens is 302 g/mol. The zero-order chi connectivity index (χ0) is 15.4. The number of rotatable bonds is 5. The Labute approximate surface area is 131 Å². The molecule has 1 aliphatic rings. The molecule has 3 rings (SSSR count). The Hall–Kier alpha value is -2.15. The molecule has 22 heavy (non-hydrogen) atoms. The number of hydrogen-bond donors (Lipinski definition) is 2. The Morgan fingerprint density at radius 3 is 2.86 bits per heavy atom. The third kappa shape index (κ3) is 3.54. The first-order chi connectivity index (χ1) is 10.7. The highest BCUT2D eigenvalue weighted by atomic mass is 32.1. The van der Waals surface area contributed by atoms with Crippen molar-refractivity contribution in [1.29, 1.82) is 0 Å². The topological polar surface area (TPSA) is 84.2 Å². The van der Waals surface area contributed by atoms with E-state index in [0.717, 1.165) is 25.7 Å². The van der Waals surface area contributed by atoms with Crippen molar-refractivity contribution < 1.29 is 14.0 Å². The van der Waals surface area contributed by atoms with E-state index in [1.54, 1.807) is 23.8 Å². The molecule has 0 spiro atoms. The third-order valence-corrected chi connectivity index (χ3v) is 4.47. The molecule has 1 fully saturated rings. The van der Waals surface area contributed by atoms with E-state index in [1.165, 1.54) is 11.3 Å². The van der Waals surface area contributed by atoms with Crippen molar-refractivity contribution in [3.05, 3.63) is 40.2 Å². The molecule has 2 aromatic heterocycles. The van der Waals surface area contributed by atoms with Crippen molar-refractivity contribution in [3.8, 4) is 0 Å². The molecule has 2 N–H and O–H groups in total. The molecular formula is C15H17N3O3S. The minimum Gasteiger partial charge on any atom is -0.467 e. The normalized spacial score (nSPS) is 14.9. The lowest BCUT2D eigenvalue weighted by molar-refractivity contribution is 0.0936. The predicted octanol–water partition coefficient (Wildman–Crippen LogP) is 2.34. The number of nitrogens with one attached hydrogen (secondary N) is 2. The maximum atomic E-state index is 12.1.